The topological polar surface area (TPSA) is 84.9 Å². The maximum Gasteiger partial charge on any atom is 0.254 e. The molecule has 2 aliphatic rings. The van der Waals surface area contributed by atoms with Crippen molar-refractivity contribution < 1.29 is 27.1 Å². The fourth-order valence-corrected chi connectivity index (χ4v) is 4.32. The molecule has 1 aromatic carbocycles. The first-order valence-corrected chi connectivity index (χ1v) is 9.70. The molecule has 1 amide bonds. The second-order valence-corrected chi connectivity index (χ2v) is 7.94. The number of rotatable bonds is 5. The minimum Gasteiger partial charge on any atom is -0.379 e. The van der Waals surface area contributed by atoms with Gasteiger partial charge in [0.05, 0.1) is 29.8 Å². The van der Waals surface area contributed by atoms with Gasteiger partial charge in [0.15, 0.2) is 0 Å². The fourth-order valence-electron chi connectivity index (χ4n) is 2.88. The van der Waals surface area contributed by atoms with Crippen molar-refractivity contribution in [1.29, 1.82) is 0 Å². The number of hydrogen-bond acceptors (Lipinski definition) is 5. The number of nitrogens with zero attached hydrogens (tertiary/aromatic N) is 1. The Bertz CT molecular complexity index is 728. The largest absolute Gasteiger partial charge is 0.379 e. The monoisotopic (exact) mass is 372 g/mol. The fraction of sp³-hybridized carbons (Fsp3) is 0.562. The summed E-state index contributed by atoms with van der Waals surface area (Å²) >= 11 is 0. The number of morpholine rings is 1. The van der Waals surface area contributed by atoms with Gasteiger partial charge < -0.3 is 14.8 Å². The minimum atomic E-state index is -3.78. The zero-order chi connectivity index (χ0) is 17.9. The van der Waals surface area contributed by atoms with Crippen LogP contribution in [0, 0.1) is 5.82 Å². The quantitative estimate of drug-likeness (QED) is 0.825. The van der Waals surface area contributed by atoms with Gasteiger partial charge in [0.1, 0.15) is 5.82 Å². The summed E-state index contributed by atoms with van der Waals surface area (Å²) in [7, 11) is -3.78. The van der Waals surface area contributed by atoms with Crippen molar-refractivity contribution in [2.45, 2.75) is 23.8 Å². The highest BCUT2D eigenvalue weighted by molar-refractivity contribution is 7.89. The van der Waals surface area contributed by atoms with Crippen molar-refractivity contribution in [3.8, 4) is 0 Å². The van der Waals surface area contributed by atoms with E-state index in [1.807, 2.05) is 0 Å². The molecule has 2 aliphatic heterocycles. The van der Waals surface area contributed by atoms with E-state index in [4.69, 9.17) is 9.47 Å². The average Bonchev–Trinajstić information content (AvgIpc) is 3.14. The average molecular weight is 372 g/mol. The Balaban J connectivity index is 1.76. The van der Waals surface area contributed by atoms with Crippen LogP contribution >= 0.6 is 0 Å². The Labute approximate surface area is 146 Å². The number of amides is 1. The molecule has 1 N–H and O–H groups in total. The summed E-state index contributed by atoms with van der Waals surface area (Å²) in [6, 6.07) is 3.27. The van der Waals surface area contributed by atoms with Crippen molar-refractivity contribution >= 4 is 15.9 Å². The number of nitrogens with one attached hydrogen (secondary N) is 1. The highest BCUT2D eigenvalue weighted by Gasteiger charge is 2.28. The highest BCUT2D eigenvalue weighted by Crippen LogP contribution is 2.20. The minimum absolute atomic E-state index is 0.0766. The van der Waals surface area contributed by atoms with E-state index in [0.29, 0.717) is 19.8 Å². The van der Waals surface area contributed by atoms with E-state index in [0.717, 1.165) is 25.0 Å². The summed E-state index contributed by atoms with van der Waals surface area (Å²) in [4.78, 5) is 12.1. The van der Waals surface area contributed by atoms with Crippen LogP contribution in [0.2, 0.25) is 0 Å². The molecule has 1 atom stereocenters. The number of sulfonamides is 1. The second-order valence-electron chi connectivity index (χ2n) is 6.00. The Kier molecular flexibility index (Phi) is 5.67. The van der Waals surface area contributed by atoms with Crippen molar-refractivity contribution in [3.63, 3.8) is 0 Å². The van der Waals surface area contributed by atoms with E-state index in [-0.39, 0.29) is 36.2 Å². The van der Waals surface area contributed by atoms with Crippen LogP contribution < -0.4 is 5.32 Å². The van der Waals surface area contributed by atoms with E-state index in [9.17, 15) is 17.6 Å². The Hall–Kier alpha value is -1.55. The van der Waals surface area contributed by atoms with Gasteiger partial charge in [-0.3, -0.25) is 4.79 Å². The van der Waals surface area contributed by atoms with Crippen LogP contribution in [0.25, 0.3) is 0 Å². The lowest BCUT2D eigenvalue weighted by Gasteiger charge is -2.26. The highest BCUT2D eigenvalue weighted by atomic mass is 32.2. The Morgan fingerprint density at radius 2 is 2.04 bits per heavy atom. The molecule has 9 heteroatoms. The van der Waals surface area contributed by atoms with Crippen LogP contribution in [0.4, 0.5) is 4.39 Å². The standard InChI is InChI=1S/C16H21FN2O5S/c17-15-4-3-13(25(21,22)19-5-8-23-9-6-19)10-14(15)16(20)18-11-12-2-1-7-24-12/h3-4,10,12H,1-2,5-9,11H2,(H,18,20)/t12-/m1/s1. The van der Waals surface area contributed by atoms with E-state index in [1.54, 1.807) is 0 Å². The number of ether oxygens (including phenoxy) is 2. The summed E-state index contributed by atoms with van der Waals surface area (Å²) in [6.07, 6.45) is 1.70. The van der Waals surface area contributed by atoms with Crippen molar-refractivity contribution in [1.82, 2.24) is 9.62 Å². The van der Waals surface area contributed by atoms with Crippen molar-refractivity contribution in [2.24, 2.45) is 0 Å². The molecule has 2 heterocycles. The second kappa shape index (κ2) is 7.77. The number of hydrogen-bond donors (Lipinski definition) is 1. The van der Waals surface area contributed by atoms with Gasteiger partial charge in [0.25, 0.3) is 5.91 Å². The van der Waals surface area contributed by atoms with Gasteiger partial charge in [-0.05, 0) is 31.0 Å². The van der Waals surface area contributed by atoms with Crippen LogP contribution in [0.1, 0.15) is 23.2 Å². The van der Waals surface area contributed by atoms with Gasteiger partial charge in [0, 0.05) is 26.2 Å². The lowest BCUT2D eigenvalue weighted by Crippen LogP contribution is -2.40. The molecule has 3 rings (SSSR count). The molecule has 0 aliphatic carbocycles. The zero-order valence-electron chi connectivity index (χ0n) is 13.7. The van der Waals surface area contributed by atoms with Crippen LogP contribution in [0.3, 0.4) is 0 Å². The van der Waals surface area contributed by atoms with E-state index in [2.05, 4.69) is 5.32 Å². The first-order valence-electron chi connectivity index (χ1n) is 8.26. The third kappa shape index (κ3) is 4.17. The van der Waals surface area contributed by atoms with Crippen LogP contribution in [0.5, 0.6) is 0 Å². The molecule has 2 fully saturated rings. The summed E-state index contributed by atoms with van der Waals surface area (Å²) in [5, 5.41) is 2.61. The molecule has 138 valence electrons. The van der Waals surface area contributed by atoms with Gasteiger partial charge in [0.2, 0.25) is 10.0 Å². The summed E-state index contributed by atoms with van der Waals surface area (Å²) < 4.78 is 51.1. The number of carbonyl (C=O) groups excluding carboxylic acids is 1. The number of carbonyl (C=O) groups is 1. The van der Waals surface area contributed by atoms with Gasteiger partial charge in [-0.2, -0.15) is 4.31 Å². The molecule has 0 spiro atoms. The van der Waals surface area contributed by atoms with E-state index < -0.39 is 21.7 Å². The summed E-state index contributed by atoms with van der Waals surface area (Å²) in [5.41, 5.74) is -0.285. The van der Waals surface area contributed by atoms with Crippen LogP contribution in [-0.4, -0.2) is 64.2 Å². The van der Waals surface area contributed by atoms with Gasteiger partial charge in [-0.1, -0.05) is 0 Å². The molecule has 1 aromatic rings. The SMILES string of the molecule is O=C(NC[C@H]1CCCO1)c1cc(S(=O)(=O)N2CCOCC2)ccc1F. The number of benzene rings is 1. The lowest BCUT2D eigenvalue weighted by atomic mass is 10.2. The van der Waals surface area contributed by atoms with Crippen molar-refractivity contribution in [3.05, 3.63) is 29.6 Å². The molecule has 7 nitrogen and oxygen atoms in total. The number of halogens is 1. The lowest BCUT2D eigenvalue weighted by molar-refractivity contribution is 0.0730. The molecule has 0 saturated carbocycles. The van der Waals surface area contributed by atoms with Crippen LogP contribution in [0.15, 0.2) is 23.1 Å². The van der Waals surface area contributed by atoms with Gasteiger partial charge in [-0.25, -0.2) is 12.8 Å². The predicted octanol–water partition coefficient (Wildman–Crippen LogP) is 0.755. The molecule has 0 bridgehead atoms. The molecular weight excluding hydrogens is 351 g/mol. The Morgan fingerprint density at radius 3 is 2.72 bits per heavy atom. The smallest absolute Gasteiger partial charge is 0.254 e. The maximum absolute atomic E-state index is 14.0. The van der Waals surface area contributed by atoms with E-state index in [1.165, 1.54) is 10.4 Å². The Morgan fingerprint density at radius 1 is 1.28 bits per heavy atom. The zero-order valence-corrected chi connectivity index (χ0v) is 14.6. The molecule has 25 heavy (non-hydrogen) atoms. The first kappa shape index (κ1) is 18.2. The molecular formula is C16H21FN2O5S. The first-order chi connectivity index (χ1) is 12.0. The molecule has 2 saturated heterocycles. The summed E-state index contributed by atoms with van der Waals surface area (Å²) in [6.45, 7) is 2.03. The predicted molar refractivity (Wildman–Crippen MR) is 87.3 cm³/mol. The summed E-state index contributed by atoms with van der Waals surface area (Å²) in [5.74, 6) is -1.40. The van der Waals surface area contributed by atoms with Gasteiger partial charge >= 0.3 is 0 Å². The molecule has 0 aromatic heterocycles. The third-order valence-corrected chi connectivity index (χ3v) is 6.20. The normalized spacial score (nSPS) is 22.0. The molecule has 0 unspecified atom stereocenters. The molecule has 0 radical (unpaired) electrons. The van der Waals surface area contributed by atoms with Crippen molar-refractivity contribution in [2.75, 3.05) is 39.5 Å². The van der Waals surface area contributed by atoms with Gasteiger partial charge in [-0.15, -0.1) is 0 Å². The maximum atomic E-state index is 14.0. The van der Waals surface area contributed by atoms with Crippen LogP contribution in [-0.2, 0) is 19.5 Å². The van der Waals surface area contributed by atoms with E-state index >= 15 is 0 Å². The third-order valence-electron chi connectivity index (χ3n) is 4.30.